The van der Waals surface area contributed by atoms with E-state index in [0.29, 0.717) is 11.3 Å². The normalized spacial score (nSPS) is 10.0. The van der Waals surface area contributed by atoms with Crippen molar-refractivity contribution in [3.8, 4) is 11.3 Å². The number of nitrogens with two attached hydrogens (primary N) is 1. The fourth-order valence-corrected chi connectivity index (χ4v) is 1.41. The molecule has 3 N–H and O–H groups in total. The van der Waals surface area contributed by atoms with Gasteiger partial charge in [0, 0.05) is 11.1 Å². The SMILES string of the molecule is NC(=O)c1ccc(-c2ccc(C(=O)O)nn2)cc1. The molecule has 6 heteroatoms. The lowest BCUT2D eigenvalue weighted by Gasteiger charge is -2.01. The van der Waals surface area contributed by atoms with Gasteiger partial charge in [-0.25, -0.2) is 4.79 Å². The van der Waals surface area contributed by atoms with Gasteiger partial charge in [-0.1, -0.05) is 12.1 Å². The Morgan fingerprint density at radius 2 is 1.67 bits per heavy atom. The minimum absolute atomic E-state index is 0.118. The number of carboxylic acid groups (broad SMARTS) is 1. The molecule has 2 aromatic rings. The molecule has 0 aliphatic rings. The van der Waals surface area contributed by atoms with E-state index in [9.17, 15) is 9.59 Å². The van der Waals surface area contributed by atoms with Gasteiger partial charge < -0.3 is 10.8 Å². The third-order valence-corrected chi connectivity index (χ3v) is 2.35. The predicted molar refractivity (Wildman–Crippen MR) is 62.9 cm³/mol. The molecular weight excluding hydrogens is 234 g/mol. The van der Waals surface area contributed by atoms with Crippen molar-refractivity contribution in [2.75, 3.05) is 0 Å². The Morgan fingerprint density at radius 1 is 1.00 bits per heavy atom. The van der Waals surface area contributed by atoms with Crippen LogP contribution in [-0.2, 0) is 0 Å². The average molecular weight is 243 g/mol. The van der Waals surface area contributed by atoms with Gasteiger partial charge in [-0.05, 0) is 24.3 Å². The summed E-state index contributed by atoms with van der Waals surface area (Å²) in [5, 5.41) is 16.1. The standard InChI is InChI=1S/C12H9N3O3/c13-11(16)8-3-1-7(2-4-8)9-5-6-10(12(17)18)15-14-9/h1-6H,(H2,13,16)(H,17,18). The molecule has 0 atom stereocenters. The predicted octanol–water partition coefficient (Wildman–Crippen LogP) is 0.941. The van der Waals surface area contributed by atoms with Crippen LogP contribution in [0.15, 0.2) is 36.4 Å². The zero-order valence-corrected chi connectivity index (χ0v) is 9.20. The van der Waals surface area contributed by atoms with E-state index in [2.05, 4.69) is 10.2 Å². The number of carbonyl (C=O) groups is 2. The largest absolute Gasteiger partial charge is 0.476 e. The van der Waals surface area contributed by atoms with Crippen LogP contribution in [0.5, 0.6) is 0 Å². The number of nitrogens with zero attached hydrogens (tertiary/aromatic N) is 2. The van der Waals surface area contributed by atoms with E-state index in [1.54, 1.807) is 30.3 Å². The molecule has 0 saturated heterocycles. The number of primary amides is 1. The molecule has 0 unspecified atom stereocenters. The topological polar surface area (TPSA) is 106 Å². The van der Waals surface area contributed by atoms with Gasteiger partial charge in [0.15, 0.2) is 5.69 Å². The molecule has 1 heterocycles. The molecule has 0 radical (unpaired) electrons. The number of aromatic nitrogens is 2. The quantitative estimate of drug-likeness (QED) is 0.834. The van der Waals surface area contributed by atoms with Gasteiger partial charge in [0.2, 0.25) is 5.91 Å². The highest BCUT2D eigenvalue weighted by Crippen LogP contribution is 2.16. The smallest absolute Gasteiger partial charge is 0.356 e. The van der Waals surface area contributed by atoms with Gasteiger partial charge in [0.05, 0.1) is 5.69 Å². The Labute approximate surface area is 102 Å². The zero-order chi connectivity index (χ0) is 13.1. The Morgan fingerprint density at radius 3 is 2.11 bits per heavy atom. The molecule has 1 amide bonds. The molecule has 2 rings (SSSR count). The lowest BCUT2D eigenvalue weighted by molar-refractivity contribution is 0.0689. The van der Waals surface area contributed by atoms with E-state index >= 15 is 0 Å². The van der Waals surface area contributed by atoms with E-state index in [1.807, 2.05) is 0 Å². The first-order chi connectivity index (χ1) is 8.58. The lowest BCUT2D eigenvalue weighted by atomic mass is 10.1. The second-order valence-corrected chi connectivity index (χ2v) is 3.55. The number of rotatable bonds is 3. The zero-order valence-electron chi connectivity index (χ0n) is 9.20. The van der Waals surface area contributed by atoms with E-state index in [0.717, 1.165) is 5.56 Å². The molecule has 18 heavy (non-hydrogen) atoms. The summed E-state index contributed by atoms with van der Waals surface area (Å²) in [6, 6.07) is 9.41. The minimum atomic E-state index is -1.13. The number of carboxylic acids is 1. The van der Waals surface area contributed by atoms with Gasteiger partial charge in [-0.15, -0.1) is 10.2 Å². The number of aromatic carboxylic acids is 1. The monoisotopic (exact) mass is 243 g/mol. The molecule has 1 aromatic heterocycles. The van der Waals surface area contributed by atoms with Crippen molar-refractivity contribution in [1.29, 1.82) is 0 Å². The number of carbonyl (C=O) groups excluding carboxylic acids is 1. The van der Waals surface area contributed by atoms with Crippen LogP contribution >= 0.6 is 0 Å². The second kappa shape index (κ2) is 4.62. The summed E-state index contributed by atoms with van der Waals surface area (Å²) in [6.45, 7) is 0. The van der Waals surface area contributed by atoms with Gasteiger partial charge in [0.25, 0.3) is 0 Å². The molecule has 0 fully saturated rings. The van der Waals surface area contributed by atoms with Crippen LogP contribution in [0.2, 0.25) is 0 Å². The Kier molecular flexibility index (Phi) is 3.01. The van der Waals surface area contributed by atoms with Crippen molar-refractivity contribution in [3.63, 3.8) is 0 Å². The van der Waals surface area contributed by atoms with Crippen LogP contribution in [0.4, 0.5) is 0 Å². The van der Waals surface area contributed by atoms with Gasteiger partial charge in [-0.2, -0.15) is 0 Å². The van der Waals surface area contributed by atoms with Crippen LogP contribution in [0.1, 0.15) is 20.8 Å². The van der Waals surface area contributed by atoms with Crippen LogP contribution in [0.3, 0.4) is 0 Å². The van der Waals surface area contributed by atoms with Crippen molar-refractivity contribution >= 4 is 11.9 Å². The van der Waals surface area contributed by atoms with Crippen LogP contribution < -0.4 is 5.73 Å². The molecule has 0 spiro atoms. The Hall–Kier alpha value is -2.76. The fraction of sp³-hybridized carbons (Fsp3) is 0. The number of hydrogen-bond donors (Lipinski definition) is 2. The minimum Gasteiger partial charge on any atom is -0.476 e. The Bertz CT molecular complexity index is 535. The first kappa shape index (κ1) is 11.7. The third kappa shape index (κ3) is 2.32. The maximum atomic E-state index is 10.9. The summed E-state index contributed by atoms with van der Waals surface area (Å²) >= 11 is 0. The van der Waals surface area contributed by atoms with E-state index in [-0.39, 0.29) is 5.69 Å². The molecule has 90 valence electrons. The molecule has 1 aromatic carbocycles. The summed E-state index contributed by atoms with van der Waals surface area (Å²) in [5.74, 6) is -1.63. The van der Waals surface area contributed by atoms with E-state index in [1.165, 1.54) is 6.07 Å². The first-order valence-corrected chi connectivity index (χ1v) is 5.05. The summed E-state index contributed by atoms with van der Waals surface area (Å²) < 4.78 is 0. The second-order valence-electron chi connectivity index (χ2n) is 3.55. The van der Waals surface area contributed by atoms with Crippen molar-refractivity contribution in [3.05, 3.63) is 47.7 Å². The van der Waals surface area contributed by atoms with E-state index in [4.69, 9.17) is 10.8 Å². The van der Waals surface area contributed by atoms with Crippen molar-refractivity contribution < 1.29 is 14.7 Å². The summed E-state index contributed by atoms with van der Waals surface area (Å²) in [5.41, 5.74) is 6.65. The molecule has 6 nitrogen and oxygen atoms in total. The average Bonchev–Trinajstić information content (AvgIpc) is 2.39. The number of amides is 1. The van der Waals surface area contributed by atoms with Gasteiger partial charge in [0.1, 0.15) is 0 Å². The summed E-state index contributed by atoms with van der Waals surface area (Å²) in [7, 11) is 0. The van der Waals surface area contributed by atoms with Gasteiger partial charge >= 0.3 is 5.97 Å². The van der Waals surface area contributed by atoms with Crippen molar-refractivity contribution in [1.82, 2.24) is 10.2 Å². The molecule has 0 aliphatic heterocycles. The summed E-state index contributed by atoms with van der Waals surface area (Å²) in [6.07, 6.45) is 0. The highest BCUT2D eigenvalue weighted by molar-refractivity contribution is 5.93. The fourth-order valence-electron chi connectivity index (χ4n) is 1.41. The Balaban J connectivity index is 2.31. The first-order valence-electron chi connectivity index (χ1n) is 5.05. The highest BCUT2D eigenvalue weighted by Gasteiger charge is 2.07. The maximum absolute atomic E-state index is 10.9. The maximum Gasteiger partial charge on any atom is 0.356 e. The molecule has 0 saturated carbocycles. The highest BCUT2D eigenvalue weighted by atomic mass is 16.4. The number of benzene rings is 1. The summed E-state index contributed by atoms with van der Waals surface area (Å²) in [4.78, 5) is 21.5. The van der Waals surface area contributed by atoms with Crippen molar-refractivity contribution in [2.24, 2.45) is 5.73 Å². The van der Waals surface area contributed by atoms with Gasteiger partial charge in [-0.3, -0.25) is 4.79 Å². The number of hydrogen-bond acceptors (Lipinski definition) is 4. The van der Waals surface area contributed by atoms with Crippen molar-refractivity contribution in [2.45, 2.75) is 0 Å². The lowest BCUT2D eigenvalue weighted by Crippen LogP contribution is -2.10. The molecule has 0 aliphatic carbocycles. The van der Waals surface area contributed by atoms with Crippen LogP contribution in [0.25, 0.3) is 11.3 Å². The third-order valence-electron chi connectivity index (χ3n) is 2.35. The molecular formula is C12H9N3O3. The van der Waals surface area contributed by atoms with Crippen LogP contribution in [0, 0.1) is 0 Å². The van der Waals surface area contributed by atoms with Crippen LogP contribution in [-0.4, -0.2) is 27.2 Å². The van der Waals surface area contributed by atoms with E-state index < -0.39 is 11.9 Å². The molecule has 0 bridgehead atoms.